The van der Waals surface area contributed by atoms with Gasteiger partial charge >= 0.3 is 5.97 Å². The van der Waals surface area contributed by atoms with Crippen molar-refractivity contribution in [1.29, 1.82) is 0 Å². The first-order valence-electron chi connectivity index (χ1n) is 13.7. The minimum atomic E-state index is -0.844. The van der Waals surface area contributed by atoms with Crippen molar-refractivity contribution in [3.8, 4) is 0 Å². The lowest BCUT2D eigenvalue weighted by Gasteiger charge is -2.44. The summed E-state index contributed by atoms with van der Waals surface area (Å²) in [5, 5.41) is 2.15. The highest BCUT2D eigenvalue weighted by atomic mass is 79.9. The number of hydrogen-bond acceptors (Lipinski definition) is 4. The van der Waals surface area contributed by atoms with E-state index < -0.39 is 5.60 Å². The second kappa shape index (κ2) is 11.5. The molecule has 194 valence electrons. The number of fused-ring (bicyclic) bond motifs is 1. The van der Waals surface area contributed by atoms with E-state index in [2.05, 4.69) is 77.1 Å². The zero-order valence-corrected chi connectivity index (χ0v) is 23.7. The van der Waals surface area contributed by atoms with Crippen LogP contribution in [0.15, 0.2) is 40.9 Å². The van der Waals surface area contributed by atoms with Crippen LogP contribution in [0.1, 0.15) is 84.1 Å². The molecule has 2 unspecified atom stereocenters. The Balaban J connectivity index is 1.52. The highest BCUT2D eigenvalue weighted by molar-refractivity contribution is 9.11. The van der Waals surface area contributed by atoms with E-state index >= 15 is 0 Å². The molecule has 0 bridgehead atoms. The first-order valence-corrected chi connectivity index (χ1v) is 14.7. The van der Waals surface area contributed by atoms with Gasteiger partial charge in [0.15, 0.2) is 5.60 Å². The first kappa shape index (κ1) is 26.9. The van der Waals surface area contributed by atoms with Gasteiger partial charge in [-0.05, 0) is 85.1 Å². The van der Waals surface area contributed by atoms with Gasteiger partial charge in [-0.3, -0.25) is 4.84 Å². The number of allylic oxidation sites excluding steroid dienone is 1. The quantitative estimate of drug-likeness (QED) is 0.301. The molecule has 4 rings (SSSR count). The lowest BCUT2D eigenvalue weighted by molar-refractivity contribution is -0.221. The van der Waals surface area contributed by atoms with Crippen molar-refractivity contribution in [2.24, 2.45) is 23.2 Å². The molecule has 4 nitrogen and oxygen atoms in total. The molecule has 1 aromatic rings. The number of hydroxylamine groups is 2. The average Bonchev–Trinajstić information content (AvgIpc) is 3.40. The van der Waals surface area contributed by atoms with Crippen molar-refractivity contribution in [1.82, 2.24) is 5.06 Å². The van der Waals surface area contributed by atoms with E-state index in [-0.39, 0.29) is 12.0 Å². The summed E-state index contributed by atoms with van der Waals surface area (Å²) in [5.74, 6) is 1.80. The van der Waals surface area contributed by atoms with Crippen LogP contribution in [-0.2, 0) is 20.8 Å². The molecule has 35 heavy (non-hydrogen) atoms. The summed E-state index contributed by atoms with van der Waals surface area (Å²) in [6.45, 7) is 7.92. The number of carbonyl (C=O) groups is 1. The first-order chi connectivity index (χ1) is 16.9. The van der Waals surface area contributed by atoms with Gasteiger partial charge in [0.05, 0.1) is 7.11 Å². The number of halogens is 1. The zero-order chi connectivity index (χ0) is 25.1. The number of nitrogens with zero attached hydrogens (tertiary/aromatic N) is 1. The van der Waals surface area contributed by atoms with Crippen LogP contribution in [0.2, 0.25) is 0 Å². The van der Waals surface area contributed by atoms with Gasteiger partial charge in [-0.1, -0.05) is 79.0 Å². The number of methoxy groups -OCH3 is 1. The van der Waals surface area contributed by atoms with E-state index in [0.717, 1.165) is 32.2 Å². The molecule has 1 saturated heterocycles. The summed E-state index contributed by atoms with van der Waals surface area (Å²) in [6, 6.07) is 10.8. The van der Waals surface area contributed by atoms with E-state index in [4.69, 9.17) is 9.57 Å². The van der Waals surface area contributed by atoms with Crippen molar-refractivity contribution >= 4 is 21.9 Å². The lowest BCUT2D eigenvalue weighted by atomic mass is 9.61. The fourth-order valence-corrected chi connectivity index (χ4v) is 8.38. The van der Waals surface area contributed by atoms with Crippen molar-refractivity contribution in [3.05, 3.63) is 46.5 Å². The molecular formula is C30H44BrNO3. The third-order valence-electron chi connectivity index (χ3n) is 9.45. The molecule has 1 aromatic carbocycles. The fraction of sp³-hybridized carbons (Fsp3) is 0.700. The van der Waals surface area contributed by atoms with Crippen LogP contribution in [0.3, 0.4) is 0 Å². The van der Waals surface area contributed by atoms with E-state index in [9.17, 15) is 4.79 Å². The van der Waals surface area contributed by atoms with Crippen LogP contribution in [0, 0.1) is 23.2 Å². The zero-order valence-electron chi connectivity index (χ0n) is 22.1. The summed E-state index contributed by atoms with van der Waals surface area (Å²) in [5.41, 5.74) is 2.46. The molecule has 1 aliphatic heterocycles. The Bertz CT molecular complexity index is 889. The van der Waals surface area contributed by atoms with Crippen molar-refractivity contribution in [3.63, 3.8) is 0 Å². The molecule has 0 radical (unpaired) electrons. The van der Waals surface area contributed by atoms with Gasteiger partial charge in [-0.15, -0.1) is 0 Å². The number of ether oxygens (including phenoxy) is 1. The number of hydrogen-bond donors (Lipinski definition) is 0. The maximum absolute atomic E-state index is 13.0. The molecule has 1 heterocycles. The molecule has 3 fully saturated rings. The van der Waals surface area contributed by atoms with Crippen LogP contribution in [0.25, 0.3) is 0 Å². The Morgan fingerprint density at radius 2 is 2.09 bits per heavy atom. The molecule has 2 aliphatic carbocycles. The highest BCUT2D eigenvalue weighted by Gasteiger charge is 2.54. The van der Waals surface area contributed by atoms with Crippen LogP contribution in [0.5, 0.6) is 0 Å². The summed E-state index contributed by atoms with van der Waals surface area (Å²) in [4.78, 5) is 21.7. The minimum absolute atomic E-state index is 0.216. The second-order valence-corrected chi connectivity index (χ2v) is 12.0. The molecule has 3 aliphatic rings. The van der Waals surface area contributed by atoms with E-state index in [1.165, 1.54) is 44.8 Å². The number of carbonyl (C=O) groups excluding carboxylic acids is 1. The van der Waals surface area contributed by atoms with Crippen LogP contribution >= 0.6 is 15.9 Å². The van der Waals surface area contributed by atoms with Crippen molar-refractivity contribution in [2.45, 2.75) is 96.6 Å². The van der Waals surface area contributed by atoms with Gasteiger partial charge in [0, 0.05) is 19.0 Å². The number of rotatable bonds is 9. The molecule has 0 amide bonds. The fourth-order valence-electron chi connectivity index (χ4n) is 7.83. The third-order valence-corrected chi connectivity index (χ3v) is 10.0. The van der Waals surface area contributed by atoms with Crippen LogP contribution in [0.4, 0.5) is 0 Å². The Kier molecular flexibility index (Phi) is 8.82. The Morgan fingerprint density at radius 1 is 1.31 bits per heavy atom. The largest absolute Gasteiger partial charge is 0.467 e. The lowest BCUT2D eigenvalue weighted by Crippen LogP contribution is -2.40. The van der Waals surface area contributed by atoms with Gasteiger partial charge in [0.2, 0.25) is 0 Å². The summed E-state index contributed by atoms with van der Waals surface area (Å²) in [6.07, 6.45) is 10.8. The Hall–Kier alpha value is -1.17. The maximum Gasteiger partial charge on any atom is 0.340 e. The van der Waals surface area contributed by atoms with Crippen LogP contribution < -0.4 is 0 Å². The molecule has 5 heteroatoms. The maximum atomic E-state index is 13.0. The van der Waals surface area contributed by atoms with Crippen molar-refractivity contribution < 1.29 is 14.4 Å². The predicted molar refractivity (Wildman–Crippen MR) is 145 cm³/mol. The van der Waals surface area contributed by atoms with Gasteiger partial charge in [-0.2, -0.15) is 5.06 Å². The number of benzene rings is 1. The normalized spacial score (nSPS) is 35.2. The Labute approximate surface area is 220 Å². The molecule has 6 atom stereocenters. The predicted octanol–water partition coefficient (Wildman–Crippen LogP) is 7.47. The molecule has 0 N–H and O–H groups in total. The monoisotopic (exact) mass is 545 g/mol. The van der Waals surface area contributed by atoms with Gasteiger partial charge in [-0.25, -0.2) is 4.79 Å². The summed E-state index contributed by atoms with van der Waals surface area (Å²) >= 11 is 3.66. The standard InChI is InChI=1S/C30H44BrNO3/c1-5-16-30(28(33)34-4)20-25(32(35-30)18-15-23-10-7-6-8-11-23)19-22(2)26-13-14-27-24(21-31)12-9-17-29(26,27)3/h6-8,10-11,21-22,25-27H,5,9,12-20H2,1-4H3/t22-,25?,26-,27+,29-,30?/m1/s1. The van der Waals surface area contributed by atoms with E-state index in [1.807, 2.05) is 0 Å². The number of esters is 1. The second-order valence-electron chi connectivity index (χ2n) is 11.6. The molecule has 0 aromatic heterocycles. The third kappa shape index (κ3) is 5.43. The van der Waals surface area contributed by atoms with E-state index in [0.29, 0.717) is 29.6 Å². The topological polar surface area (TPSA) is 38.8 Å². The molecule has 0 spiro atoms. The van der Waals surface area contributed by atoms with Gasteiger partial charge < -0.3 is 4.74 Å². The molecule has 2 saturated carbocycles. The molecular weight excluding hydrogens is 502 g/mol. The van der Waals surface area contributed by atoms with Crippen molar-refractivity contribution in [2.75, 3.05) is 13.7 Å². The smallest absolute Gasteiger partial charge is 0.340 e. The van der Waals surface area contributed by atoms with Crippen LogP contribution in [-0.4, -0.2) is 36.3 Å². The van der Waals surface area contributed by atoms with Gasteiger partial charge in [0.1, 0.15) is 0 Å². The minimum Gasteiger partial charge on any atom is -0.467 e. The summed E-state index contributed by atoms with van der Waals surface area (Å²) < 4.78 is 5.26. The highest BCUT2D eigenvalue weighted by Crippen LogP contribution is 2.60. The van der Waals surface area contributed by atoms with E-state index in [1.54, 1.807) is 5.57 Å². The SMILES string of the molecule is CCCC1(C(=O)OC)CC(C[C@@H](C)[C@H]2CC[C@H]3C(=CBr)CCC[C@]23C)N(CCc2ccccc2)O1. The average molecular weight is 547 g/mol. The summed E-state index contributed by atoms with van der Waals surface area (Å²) in [7, 11) is 1.49. The van der Waals surface area contributed by atoms with Gasteiger partial charge in [0.25, 0.3) is 0 Å². The Morgan fingerprint density at radius 3 is 2.77 bits per heavy atom.